The van der Waals surface area contributed by atoms with Gasteiger partial charge in [-0.05, 0) is 31.0 Å². The molecule has 0 unspecified atom stereocenters. The van der Waals surface area contributed by atoms with Gasteiger partial charge in [0.15, 0.2) is 5.78 Å². The molecule has 94 valence electrons. The summed E-state index contributed by atoms with van der Waals surface area (Å²) in [7, 11) is 0. The summed E-state index contributed by atoms with van der Waals surface area (Å²) in [5.41, 5.74) is 1.66. The first-order valence-corrected chi connectivity index (χ1v) is 6.60. The van der Waals surface area contributed by atoms with E-state index in [2.05, 4.69) is 11.0 Å². The zero-order valence-corrected chi connectivity index (χ0v) is 10.9. The summed E-state index contributed by atoms with van der Waals surface area (Å²) < 4.78 is 0. The second kappa shape index (κ2) is 5.99. The number of hydrogen-bond donors (Lipinski definition) is 0. The molecule has 1 saturated heterocycles. The summed E-state index contributed by atoms with van der Waals surface area (Å²) in [5.74, 6) is 0.157. The molecule has 1 aliphatic rings. The Kier molecular flexibility index (Phi) is 4.35. The molecule has 1 aliphatic heterocycles. The molecule has 0 bridgehead atoms. The molecule has 4 heteroatoms. The van der Waals surface area contributed by atoms with Gasteiger partial charge in [0.1, 0.15) is 0 Å². The van der Waals surface area contributed by atoms with Gasteiger partial charge >= 0.3 is 0 Å². The van der Waals surface area contributed by atoms with Crippen LogP contribution in [0.3, 0.4) is 0 Å². The lowest BCUT2D eigenvalue weighted by Gasteiger charge is -2.23. The highest BCUT2D eigenvalue weighted by Crippen LogP contribution is 2.22. The van der Waals surface area contributed by atoms with Crippen LogP contribution < -0.4 is 0 Å². The highest BCUT2D eigenvalue weighted by atomic mass is 35.5. The molecule has 2 rings (SSSR count). The summed E-state index contributed by atoms with van der Waals surface area (Å²) in [6, 6.07) is 9.64. The van der Waals surface area contributed by atoms with Crippen LogP contribution in [-0.2, 0) is 11.3 Å². The lowest BCUT2D eigenvalue weighted by atomic mass is 10.1. The van der Waals surface area contributed by atoms with Crippen molar-refractivity contribution in [2.24, 2.45) is 0 Å². The Morgan fingerprint density at radius 2 is 2.28 bits per heavy atom. The summed E-state index contributed by atoms with van der Waals surface area (Å²) in [6.07, 6.45) is 1.89. The normalized spacial score (nSPS) is 19.7. The van der Waals surface area contributed by atoms with Gasteiger partial charge in [0.25, 0.3) is 0 Å². The fourth-order valence-electron chi connectivity index (χ4n) is 2.46. The van der Waals surface area contributed by atoms with Crippen LogP contribution in [0.2, 0.25) is 0 Å². The molecule has 0 saturated carbocycles. The maximum absolute atomic E-state index is 11.7. The number of hydrogen-bond acceptors (Lipinski definition) is 3. The second-order valence-electron chi connectivity index (χ2n) is 4.50. The number of ketones is 1. The number of nitriles is 1. The second-order valence-corrected chi connectivity index (χ2v) is 4.76. The minimum Gasteiger partial charge on any atom is -0.297 e. The quantitative estimate of drug-likeness (QED) is 0.783. The summed E-state index contributed by atoms with van der Waals surface area (Å²) >= 11 is 5.63. The first-order chi connectivity index (χ1) is 8.76. The van der Waals surface area contributed by atoms with Crippen molar-refractivity contribution < 1.29 is 4.79 Å². The van der Waals surface area contributed by atoms with Crippen LogP contribution in [0, 0.1) is 11.3 Å². The molecule has 1 fully saturated rings. The number of likely N-dealkylation sites (tertiary alicyclic amines) is 1. The minimum absolute atomic E-state index is 0.0705. The van der Waals surface area contributed by atoms with Gasteiger partial charge in [0.05, 0.1) is 23.6 Å². The predicted octanol–water partition coefficient (Wildman–Crippen LogP) is 2.33. The molecule has 0 radical (unpaired) electrons. The number of rotatable bonds is 4. The maximum Gasteiger partial charge on any atom is 0.164 e. The molecule has 1 aromatic rings. The maximum atomic E-state index is 11.7. The van der Waals surface area contributed by atoms with Crippen molar-refractivity contribution in [3.8, 4) is 6.07 Å². The zero-order chi connectivity index (χ0) is 13.0. The third kappa shape index (κ3) is 2.72. The largest absolute Gasteiger partial charge is 0.297 e. The van der Waals surface area contributed by atoms with Gasteiger partial charge in [0.2, 0.25) is 0 Å². The standard InChI is InChI=1S/C14H15ClN2O/c15-8-14(18)13-6-3-7-17(13)10-12-5-2-1-4-11(12)9-16/h1-2,4-5,13H,3,6-8,10H2/t13-/m1/s1. The van der Waals surface area contributed by atoms with Gasteiger partial charge in [-0.15, -0.1) is 11.6 Å². The first kappa shape index (κ1) is 13.1. The van der Waals surface area contributed by atoms with Crippen molar-refractivity contribution in [3.63, 3.8) is 0 Å². The van der Waals surface area contributed by atoms with Gasteiger partial charge in [-0.2, -0.15) is 5.26 Å². The lowest BCUT2D eigenvalue weighted by molar-refractivity contribution is -0.121. The number of Topliss-reactive ketones (excluding diaryl/α,β-unsaturated/α-hetero) is 1. The lowest BCUT2D eigenvalue weighted by Crippen LogP contribution is -2.36. The Balaban J connectivity index is 2.13. The molecule has 1 heterocycles. The Hall–Kier alpha value is -1.37. The molecule has 0 spiro atoms. The van der Waals surface area contributed by atoms with E-state index in [0.717, 1.165) is 24.9 Å². The van der Waals surface area contributed by atoms with E-state index >= 15 is 0 Å². The topological polar surface area (TPSA) is 44.1 Å². The Morgan fingerprint density at radius 3 is 3.00 bits per heavy atom. The van der Waals surface area contributed by atoms with Crippen molar-refractivity contribution >= 4 is 17.4 Å². The third-order valence-electron chi connectivity index (χ3n) is 3.38. The van der Waals surface area contributed by atoms with Gasteiger partial charge < -0.3 is 0 Å². The smallest absolute Gasteiger partial charge is 0.164 e. The third-order valence-corrected chi connectivity index (χ3v) is 3.64. The molecule has 18 heavy (non-hydrogen) atoms. The molecular weight excluding hydrogens is 248 g/mol. The molecule has 0 aliphatic carbocycles. The van der Waals surface area contributed by atoms with E-state index in [0.29, 0.717) is 12.1 Å². The van der Waals surface area contributed by atoms with E-state index in [9.17, 15) is 4.79 Å². The van der Waals surface area contributed by atoms with Crippen LogP contribution in [0.5, 0.6) is 0 Å². The van der Waals surface area contributed by atoms with Crippen LogP contribution >= 0.6 is 11.6 Å². The molecule has 0 amide bonds. The molecule has 1 aromatic carbocycles. The molecule has 1 atom stereocenters. The fraction of sp³-hybridized carbons (Fsp3) is 0.429. The summed E-state index contributed by atoms with van der Waals surface area (Å²) in [6.45, 7) is 1.55. The van der Waals surface area contributed by atoms with Crippen LogP contribution in [0.1, 0.15) is 24.0 Å². The van der Waals surface area contributed by atoms with Crippen molar-refractivity contribution in [1.82, 2.24) is 4.90 Å². The minimum atomic E-state index is -0.0748. The SMILES string of the molecule is N#Cc1ccccc1CN1CCC[C@@H]1C(=O)CCl. The Morgan fingerprint density at radius 1 is 1.50 bits per heavy atom. The molecule has 0 N–H and O–H groups in total. The average Bonchev–Trinajstić information content (AvgIpc) is 2.86. The number of nitrogens with zero attached hydrogens (tertiary/aromatic N) is 2. The Bertz CT molecular complexity index is 481. The van der Waals surface area contributed by atoms with Crippen LogP contribution in [-0.4, -0.2) is 29.1 Å². The fourth-order valence-corrected chi connectivity index (χ4v) is 2.63. The Labute approximate surface area is 112 Å². The van der Waals surface area contributed by atoms with E-state index in [1.165, 1.54) is 0 Å². The number of halogens is 1. The zero-order valence-electron chi connectivity index (χ0n) is 10.1. The van der Waals surface area contributed by atoms with E-state index in [1.807, 2.05) is 24.3 Å². The number of carbonyl (C=O) groups excluding carboxylic acids is 1. The predicted molar refractivity (Wildman–Crippen MR) is 70.3 cm³/mol. The highest BCUT2D eigenvalue weighted by molar-refractivity contribution is 6.28. The van der Waals surface area contributed by atoms with Crippen LogP contribution in [0.15, 0.2) is 24.3 Å². The van der Waals surface area contributed by atoms with Crippen molar-refractivity contribution in [3.05, 3.63) is 35.4 Å². The van der Waals surface area contributed by atoms with E-state index < -0.39 is 0 Å². The van der Waals surface area contributed by atoms with Gasteiger partial charge in [-0.3, -0.25) is 9.69 Å². The van der Waals surface area contributed by atoms with Gasteiger partial charge in [-0.25, -0.2) is 0 Å². The molecular formula is C14H15ClN2O. The number of alkyl halides is 1. The number of carbonyl (C=O) groups is 1. The van der Waals surface area contributed by atoms with Crippen LogP contribution in [0.4, 0.5) is 0 Å². The van der Waals surface area contributed by atoms with E-state index in [-0.39, 0.29) is 17.7 Å². The highest BCUT2D eigenvalue weighted by Gasteiger charge is 2.29. The summed E-state index contributed by atoms with van der Waals surface area (Å²) in [5, 5.41) is 9.06. The molecule has 3 nitrogen and oxygen atoms in total. The van der Waals surface area contributed by atoms with E-state index in [4.69, 9.17) is 16.9 Å². The van der Waals surface area contributed by atoms with Crippen molar-refractivity contribution in [2.45, 2.75) is 25.4 Å². The monoisotopic (exact) mass is 262 g/mol. The van der Waals surface area contributed by atoms with Gasteiger partial charge in [0, 0.05) is 6.54 Å². The summed E-state index contributed by atoms with van der Waals surface area (Å²) in [4.78, 5) is 13.9. The van der Waals surface area contributed by atoms with Crippen LogP contribution in [0.25, 0.3) is 0 Å². The van der Waals surface area contributed by atoms with Crippen molar-refractivity contribution in [1.29, 1.82) is 5.26 Å². The number of benzene rings is 1. The van der Waals surface area contributed by atoms with E-state index in [1.54, 1.807) is 0 Å². The van der Waals surface area contributed by atoms with Gasteiger partial charge in [-0.1, -0.05) is 18.2 Å². The first-order valence-electron chi connectivity index (χ1n) is 6.07. The molecule has 0 aromatic heterocycles. The average molecular weight is 263 g/mol. The van der Waals surface area contributed by atoms with Crippen molar-refractivity contribution in [2.75, 3.05) is 12.4 Å².